The lowest BCUT2D eigenvalue weighted by atomic mass is 10.2. The minimum absolute atomic E-state index is 0.0246. The summed E-state index contributed by atoms with van der Waals surface area (Å²) in [5.41, 5.74) is 1.86. The molecule has 0 aliphatic carbocycles. The predicted molar refractivity (Wildman–Crippen MR) is 104 cm³/mol. The number of carbonyl (C=O) groups is 2. The number of hydrogen-bond acceptors (Lipinski definition) is 4. The summed E-state index contributed by atoms with van der Waals surface area (Å²) in [5, 5.41) is 4.88. The molecule has 1 fully saturated rings. The number of benzene rings is 1. The molecule has 25 heavy (non-hydrogen) atoms. The Morgan fingerprint density at radius 2 is 1.96 bits per heavy atom. The van der Waals surface area contributed by atoms with E-state index in [0.29, 0.717) is 32.7 Å². The van der Waals surface area contributed by atoms with Crippen LogP contribution in [0.3, 0.4) is 0 Å². The summed E-state index contributed by atoms with van der Waals surface area (Å²) in [6.45, 7) is 5.04. The van der Waals surface area contributed by atoms with Crippen LogP contribution in [0.1, 0.15) is 15.2 Å². The second-order valence-corrected chi connectivity index (χ2v) is 7.92. The van der Waals surface area contributed by atoms with Crippen LogP contribution in [0.4, 0.5) is 5.69 Å². The van der Waals surface area contributed by atoms with Crippen LogP contribution in [-0.2, 0) is 4.79 Å². The van der Waals surface area contributed by atoms with Crippen molar-refractivity contribution < 1.29 is 9.59 Å². The molecule has 3 rings (SSSR count). The van der Waals surface area contributed by atoms with Crippen LogP contribution >= 0.6 is 27.3 Å². The molecule has 0 spiro atoms. The zero-order valence-corrected chi connectivity index (χ0v) is 16.4. The van der Waals surface area contributed by atoms with Crippen molar-refractivity contribution in [3.8, 4) is 0 Å². The summed E-state index contributed by atoms with van der Waals surface area (Å²) in [4.78, 5) is 29.3. The molecule has 2 heterocycles. The number of piperazine rings is 1. The fourth-order valence-corrected chi connectivity index (χ4v) is 3.99. The second-order valence-electron chi connectivity index (χ2n) is 6.05. The molecule has 5 nitrogen and oxygen atoms in total. The number of anilines is 1. The standard InChI is InChI=1S/C18H20BrN3O2S/c1-13-11-14(19)4-5-15(13)20-17(23)12-21-6-8-22(9-7-21)18(24)16-3-2-10-25-16/h2-5,10-11H,6-9,12H2,1H3,(H,20,23). The minimum atomic E-state index is -0.0246. The van der Waals surface area contributed by atoms with Crippen molar-refractivity contribution >= 4 is 44.8 Å². The molecule has 0 saturated carbocycles. The maximum Gasteiger partial charge on any atom is 0.264 e. The highest BCUT2D eigenvalue weighted by Gasteiger charge is 2.23. The van der Waals surface area contributed by atoms with E-state index < -0.39 is 0 Å². The first kappa shape index (κ1) is 18.1. The topological polar surface area (TPSA) is 52.7 Å². The van der Waals surface area contributed by atoms with Crippen molar-refractivity contribution in [1.82, 2.24) is 9.80 Å². The molecule has 1 saturated heterocycles. The Bertz CT molecular complexity index is 756. The number of aryl methyl sites for hydroxylation is 1. The van der Waals surface area contributed by atoms with Crippen LogP contribution in [0.2, 0.25) is 0 Å². The molecule has 2 aromatic rings. The highest BCUT2D eigenvalue weighted by atomic mass is 79.9. The van der Waals surface area contributed by atoms with Crippen molar-refractivity contribution in [3.63, 3.8) is 0 Å². The summed E-state index contributed by atoms with van der Waals surface area (Å²) in [7, 11) is 0. The molecule has 0 atom stereocenters. The highest BCUT2D eigenvalue weighted by Crippen LogP contribution is 2.20. The third kappa shape index (κ3) is 4.68. The first-order valence-corrected chi connectivity index (χ1v) is 9.81. The quantitative estimate of drug-likeness (QED) is 0.824. The maximum absolute atomic E-state index is 12.3. The molecule has 0 radical (unpaired) electrons. The van der Waals surface area contributed by atoms with Gasteiger partial charge in [0.05, 0.1) is 11.4 Å². The molecule has 132 valence electrons. The van der Waals surface area contributed by atoms with Gasteiger partial charge < -0.3 is 10.2 Å². The van der Waals surface area contributed by atoms with E-state index in [2.05, 4.69) is 26.1 Å². The largest absolute Gasteiger partial charge is 0.335 e. The molecule has 1 N–H and O–H groups in total. The molecule has 0 unspecified atom stereocenters. The van der Waals surface area contributed by atoms with Gasteiger partial charge in [-0.1, -0.05) is 22.0 Å². The van der Waals surface area contributed by atoms with E-state index in [4.69, 9.17) is 0 Å². The van der Waals surface area contributed by atoms with Gasteiger partial charge in [-0.2, -0.15) is 0 Å². The number of amides is 2. The number of nitrogens with one attached hydrogen (secondary N) is 1. The lowest BCUT2D eigenvalue weighted by molar-refractivity contribution is -0.117. The third-order valence-electron chi connectivity index (χ3n) is 4.22. The van der Waals surface area contributed by atoms with Gasteiger partial charge in [-0.25, -0.2) is 0 Å². The van der Waals surface area contributed by atoms with Gasteiger partial charge in [0.25, 0.3) is 5.91 Å². The van der Waals surface area contributed by atoms with Crippen molar-refractivity contribution in [2.24, 2.45) is 0 Å². The number of nitrogens with zero attached hydrogens (tertiary/aromatic N) is 2. The van der Waals surface area contributed by atoms with Crippen LogP contribution in [0.5, 0.6) is 0 Å². The maximum atomic E-state index is 12.3. The Balaban J connectivity index is 1.48. The summed E-state index contributed by atoms with van der Waals surface area (Å²) in [5.74, 6) is 0.0630. The van der Waals surface area contributed by atoms with Crippen molar-refractivity contribution in [2.45, 2.75) is 6.92 Å². The van der Waals surface area contributed by atoms with E-state index in [1.807, 2.05) is 47.5 Å². The van der Waals surface area contributed by atoms with Crippen molar-refractivity contribution in [3.05, 3.63) is 50.6 Å². The molecule has 7 heteroatoms. The molecule has 0 bridgehead atoms. The Morgan fingerprint density at radius 3 is 2.60 bits per heavy atom. The zero-order valence-electron chi connectivity index (χ0n) is 14.0. The van der Waals surface area contributed by atoms with Gasteiger partial charge in [0.1, 0.15) is 0 Å². The molecular formula is C18H20BrN3O2S. The van der Waals surface area contributed by atoms with Crippen LogP contribution in [0, 0.1) is 6.92 Å². The molecule has 1 aromatic heterocycles. The van der Waals surface area contributed by atoms with E-state index in [0.717, 1.165) is 20.6 Å². The van der Waals surface area contributed by atoms with E-state index in [-0.39, 0.29) is 11.8 Å². The fourth-order valence-electron chi connectivity index (χ4n) is 2.83. The number of carbonyl (C=O) groups excluding carboxylic acids is 2. The number of thiophene rings is 1. The van der Waals surface area contributed by atoms with Crippen LogP contribution < -0.4 is 5.32 Å². The average Bonchev–Trinajstić information content (AvgIpc) is 3.12. The van der Waals surface area contributed by atoms with E-state index >= 15 is 0 Å². The van der Waals surface area contributed by atoms with Gasteiger partial charge in [0.15, 0.2) is 0 Å². The Hall–Kier alpha value is -1.70. The van der Waals surface area contributed by atoms with Crippen molar-refractivity contribution in [1.29, 1.82) is 0 Å². The van der Waals surface area contributed by atoms with Gasteiger partial charge in [-0.15, -0.1) is 11.3 Å². The normalized spacial score (nSPS) is 15.2. The fraction of sp³-hybridized carbons (Fsp3) is 0.333. The van der Waals surface area contributed by atoms with Crippen LogP contribution in [0.25, 0.3) is 0 Å². The second kappa shape index (κ2) is 8.12. The summed E-state index contributed by atoms with van der Waals surface area (Å²) >= 11 is 4.89. The summed E-state index contributed by atoms with van der Waals surface area (Å²) < 4.78 is 0.995. The van der Waals surface area contributed by atoms with Gasteiger partial charge in [0, 0.05) is 36.3 Å². The number of rotatable bonds is 4. The van der Waals surface area contributed by atoms with Gasteiger partial charge >= 0.3 is 0 Å². The SMILES string of the molecule is Cc1cc(Br)ccc1NC(=O)CN1CCN(C(=O)c2cccs2)CC1. The highest BCUT2D eigenvalue weighted by molar-refractivity contribution is 9.10. The molecule has 2 amide bonds. The molecule has 1 aromatic carbocycles. The third-order valence-corrected chi connectivity index (χ3v) is 5.57. The Labute approximate surface area is 159 Å². The van der Waals surface area contributed by atoms with Gasteiger partial charge in [0.2, 0.25) is 5.91 Å². The van der Waals surface area contributed by atoms with Crippen molar-refractivity contribution in [2.75, 3.05) is 38.0 Å². The lowest BCUT2D eigenvalue weighted by Crippen LogP contribution is -2.50. The van der Waals surface area contributed by atoms with E-state index in [9.17, 15) is 9.59 Å². The monoisotopic (exact) mass is 421 g/mol. The first-order chi connectivity index (χ1) is 12.0. The molecule has 1 aliphatic heterocycles. The average molecular weight is 422 g/mol. The summed E-state index contributed by atoms with van der Waals surface area (Å²) in [6, 6.07) is 9.53. The first-order valence-electron chi connectivity index (χ1n) is 8.14. The minimum Gasteiger partial charge on any atom is -0.335 e. The zero-order chi connectivity index (χ0) is 17.8. The number of hydrogen-bond donors (Lipinski definition) is 1. The lowest BCUT2D eigenvalue weighted by Gasteiger charge is -2.34. The van der Waals surface area contributed by atoms with E-state index in [1.165, 1.54) is 11.3 Å². The predicted octanol–water partition coefficient (Wildman–Crippen LogP) is 3.22. The Kier molecular flexibility index (Phi) is 5.88. The van der Waals surface area contributed by atoms with E-state index in [1.54, 1.807) is 0 Å². The van der Waals surface area contributed by atoms with Gasteiger partial charge in [-0.3, -0.25) is 14.5 Å². The molecular weight excluding hydrogens is 402 g/mol. The summed E-state index contributed by atoms with van der Waals surface area (Å²) in [6.07, 6.45) is 0. The van der Waals surface area contributed by atoms with Gasteiger partial charge in [-0.05, 0) is 42.1 Å². The van der Waals surface area contributed by atoms with Crippen LogP contribution in [0.15, 0.2) is 40.2 Å². The van der Waals surface area contributed by atoms with Crippen LogP contribution in [-0.4, -0.2) is 54.3 Å². The Morgan fingerprint density at radius 1 is 1.20 bits per heavy atom. The smallest absolute Gasteiger partial charge is 0.264 e. The molecule has 1 aliphatic rings. The number of halogens is 1.